The van der Waals surface area contributed by atoms with Crippen molar-refractivity contribution in [3.05, 3.63) is 71.2 Å². The van der Waals surface area contributed by atoms with Crippen molar-refractivity contribution in [3.63, 3.8) is 0 Å². The lowest BCUT2D eigenvalue weighted by Crippen LogP contribution is -2.37. The maximum absolute atomic E-state index is 12.6. The Morgan fingerprint density at radius 3 is 2.87 bits per heavy atom. The SMILES string of the molecule is Cc1nc(NC2COCC2n2nc(-c3cccnc3)ccc2=O)c2cccnc2n1. The molecule has 1 saturated heterocycles. The summed E-state index contributed by atoms with van der Waals surface area (Å²) >= 11 is 0. The lowest BCUT2D eigenvalue weighted by Gasteiger charge is -2.22. The van der Waals surface area contributed by atoms with E-state index < -0.39 is 0 Å². The Balaban J connectivity index is 1.50. The van der Waals surface area contributed by atoms with Crippen LogP contribution in [0.25, 0.3) is 22.3 Å². The van der Waals surface area contributed by atoms with E-state index in [1.807, 2.05) is 31.2 Å². The highest BCUT2D eigenvalue weighted by Crippen LogP contribution is 2.25. The Labute approximate surface area is 171 Å². The molecule has 4 aromatic heterocycles. The quantitative estimate of drug-likeness (QED) is 0.553. The number of hydrogen-bond donors (Lipinski definition) is 1. The molecular formula is C21H19N7O2. The van der Waals surface area contributed by atoms with Crippen LogP contribution in [0.5, 0.6) is 0 Å². The summed E-state index contributed by atoms with van der Waals surface area (Å²) in [5.41, 5.74) is 1.96. The number of nitrogens with one attached hydrogen (secondary N) is 1. The third-order valence-corrected chi connectivity index (χ3v) is 5.05. The molecule has 0 spiro atoms. The predicted molar refractivity (Wildman–Crippen MR) is 111 cm³/mol. The second-order valence-electron chi connectivity index (χ2n) is 7.09. The summed E-state index contributed by atoms with van der Waals surface area (Å²) in [4.78, 5) is 30.0. The van der Waals surface area contributed by atoms with E-state index in [0.29, 0.717) is 36.2 Å². The Morgan fingerprint density at radius 1 is 1.10 bits per heavy atom. The first-order chi connectivity index (χ1) is 14.7. The molecule has 0 saturated carbocycles. The number of ether oxygens (including phenoxy) is 1. The molecule has 30 heavy (non-hydrogen) atoms. The Morgan fingerprint density at radius 2 is 2.00 bits per heavy atom. The molecule has 9 heteroatoms. The highest BCUT2D eigenvalue weighted by atomic mass is 16.5. The maximum Gasteiger partial charge on any atom is 0.267 e. The highest BCUT2D eigenvalue weighted by Gasteiger charge is 2.32. The van der Waals surface area contributed by atoms with Crippen LogP contribution in [-0.2, 0) is 4.74 Å². The molecule has 1 aliphatic heterocycles. The number of aryl methyl sites for hydroxylation is 1. The molecule has 0 amide bonds. The van der Waals surface area contributed by atoms with Crippen molar-refractivity contribution in [2.75, 3.05) is 18.5 Å². The van der Waals surface area contributed by atoms with Gasteiger partial charge in [-0.05, 0) is 37.3 Å². The third-order valence-electron chi connectivity index (χ3n) is 5.05. The van der Waals surface area contributed by atoms with Crippen LogP contribution >= 0.6 is 0 Å². The summed E-state index contributed by atoms with van der Waals surface area (Å²) in [5.74, 6) is 1.29. The van der Waals surface area contributed by atoms with E-state index in [-0.39, 0.29) is 17.6 Å². The number of pyridine rings is 2. The molecule has 0 aromatic carbocycles. The molecule has 1 fully saturated rings. The van der Waals surface area contributed by atoms with Gasteiger partial charge in [-0.15, -0.1) is 0 Å². The van der Waals surface area contributed by atoms with Gasteiger partial charge in [-0.1, -0.05) is 0 Å². The van der Waals surface area contributed by atoms with Crippen molar-refractivity contribution in [3.8, 4) is 11.3 Å². The van der Waals surface area contributed by atoms with Crippen molar-refractivity contribution in [1.29, 1.82) is 0 Å². The molecule has 5 heterocycles. The van der Waals surface area contributed by atoms with Gasteiger partial charge < -0.3 is 10.1 Å². The van der Waals surface area contributed by atoms with Crippen LogP contribution in [0.15, 0.2) is 59.8 Å². The molecular weight excluding hydrogens is 382 g/mol. The van der Waals surface area contributed by atoms with Crippen LogP contribution in [0.3, 0.4) is 0 Å². The number of hydrogen-bond acceptors (Lipinski definition) is 8. The first-order valence-corrected chi connectivity index (χ1v) is 9.63. The van der Waals surface area contributed by atoms with Crippen LogP contribution in [-0.4, -0.2) is 49.0 Å². The minimum Gasteiger partial charge on any atom is -0.377 e. The van der Waals surface area contributed by atoms with E-state index in [4.69, 9.17) is 4.74 Å². The van der Waals surface area contributed by atoms with Gasteiger partial charge in [0.2, 0.25) is 0 Å². The lowest BCUT2D eigenvalue weighted by molar-refractivity contribution is 0.183. The normalized spacial score (nSPS) is 18.6. The monoisotopic (exact) mass is 401 g/mol. The number of nitrogens with zero attached hydrogens (tertiary/aromatic N) is 6. The fourth-order valence-corrected chi connectivity index (χ4v) is 3.61. The number of anilines is 1. The Bertz CT molecular complexity index is 1260. The molecule has 2 unspecified atom stereocenters. The van der Waals surface area contributed by atoms with Crippen molar-refractivity contribution in [1.82, 2.24) is 29.7 Å². The van der Waals surface area contributed by atoms with E-state index in [9.17, 15) is 4.79 Å². The Kier molecular flexibility index (Phi) is 4.64. The van der Waals surface area contributed by atoms with Gasteiger partial charge in [0.15, 0.2) is 5.65 Å². The third kappa shape index (κ3) is 3.39. The Hall–Kier alpha value is -3.72. The number of rotatable bonds is 4. The summed E-state index contributed by atoms with van der Waals surface area (Å²) in [5, 5.41) is 8.84. The molecule has 0 radical (unpaired) electrons. The molecule has 1 aliphatic rings. The van der Waals surface area contributed by atoms with E-state index >= 15 is 0 Å². The first kappa shape index (κ1) is 18.3. The van der Waals surface area contributed by atoms with E-state index in [2.05, 4.69) is 30.4 Å². The van der Waals surface area contributed by atoms with Crippen molar-refractivity contribution in [2.45, 2.75) is 19.0 Å². The summed E-state index contributed by atoms with van der Waals surface area (Å²) in [7, 11) is 0. The van der Waals surface area contributed by atoms with Gasteiger partial charge in [-0.25, -0.2) is 19.6 Å². The average Bonchev–Trinajstić information content (AvgIpc) is 3.22. The van der Waals surface area contributed by atoms with Crippen molar-refractivity contribution in [2.24, 2.45) is 0 Å². The fourth-order valence-electron chi connectivity index (χ4n) is 3.61. The zero-order chi connectivity index (χ0) is 20.5. The van der Waals surface area contributed by atoms with Gasteiger partial charge in [0.1, 0.15) is 17.7 Å². The van der Waals surface area contributed by atoms with E-state index in [1.54, 1.807) is 24.7 Å². The zero-order valence-corrected chi connectivity index (χ0v) is 16.3. The highest BCUT2D eigenvalue weighted by molar-refractivity contribution is 5.86. The molecule has 2 atom stereocenters. The minimum absolute atomic E-state index is 0.183. The minimum atomic E-state index is -0.281. The molecule has 5 rings (SSSR count). The summed E-state index contributed by atoms with van der Waals surface area (Å²) in [6.45, 7) is 2.63. The van der Waals surface area contributed by atoms with Crippen LogP contribution in [0.4, 0.5) is 5.82 Å². The second kappa shape index (κ2) is 7.60. The number of aromatic nitrogens is 6. The summed E-state index contributed by atoms with van der Waals surface area (Å²) < 4.78 is 7.19. The van der Waals surface area contributed by atoms with Crippen molar-refractivity contribution < 1.29 is 4.74 Å². The zero-order valence-electron chi connectivity index (χ0n) is 16.3. The average molecular weight is 401 g/mol. The molecule has 150 valence electrons. The first-order valence-electron chi connectivity index (χ1n) is 9.63. The molecule has 0 bridgehead atoms. The van der Waals surface area contributed by atoms with Gasteiger partial charge >= 0.3 is 0 Å². The van der Waals surface area contributed by atoms with Crippen LogP contribution < -0.4 is 10.9 Å². The van der Waals surface area contributed by atoms with Crippen molar-refractivity contribution >= 4 is 16.9 Å². The van der Waals surface area contributed by atoms with Crippen LogP contribution in [0.1, 0.15) is 11.9 Å². The van der Waals surface area contributed by atoms with Gasteiger partial charge in [0.05, 0.1) is 30.3 Å². The second-order valence-corrected chi connectivity index (χ2v) is 7.09. The molecule has 0 aliphatic carbocycles. The van der Waals surface area contributed by atoms with E-state index in [0.717, 1.165) is 10.9 Å². The fraction of sp³-hybridized carbons (Fsp3) is 0.238. The largest absolute Gasteiger partial charge is 0.377 e. The molecule has 4 aromatic rings. The topological polar surface area (TPSA) is 108 Å². The molecule has 9 nitrogen and oxygen atoms in total. The van der Waals surface area contributed by atoms with Crippen LogP contribution in [0, 0.1) is 6.92 Å². The predicted octanol–water partition coefficient (Wildman–Crippen LogP) is 2.00. The summed E-state index contributed by atoms with van der Waals surface area (Å²) in [6, 6.07) is 10.3. The van der Waals surface area contributed by atoms with Gasteiger partial charge in [-0.3, -0.25) is 9.78 Å². The maximum atomic E-state index is 12.6. The summed E-state index contributed by atoms with van der Waals surface area (Å²) in [6.07, 6.45) is 5.13. The molecule has 1 N–H and O–H groups in total. The number of fused-ring (bicyclic) bond motifs is 1. The van der Waals surface area contributed by atoms with E-state index in [1.165, 1.54) is 10.7 Å². The lowest BCUT2D eigenvalue weighted by atomic mass is 10.1. The van der Waals surface area contributed by atoms with Gasteiger partial charge in [0, 0.05) is 30.2 Å². The van der Waals surface area contributed by atoms with Gasteiger partial charge in [0.25, 0.3) is 5.56 Å². The smallest absolute Gasteiger partial charge is 0.267 e. The standard InChI is InChI=1S/C21H19N7O2/c1-13-24-20-15(5-3-9-23-20)21(25-13)26-17-11-30-12-18(17)28-19(29)7-6-16(27-28)14-4-2-8-22-10-14/h2-10,17-18H,11-12H2,1H3,(H,23,24,25,26). The van der Waals surface area contributed by atoms with Crippen LogP contribution in [0.2, 0.25) is 0 Å². The van der Waals surface area contributed by atoms with Gasteiger partial charge in [-0.2, -0.15) is 5.10 Å².